The number of imidazole rings is 1. The number of unbranched alkanes of at least 4 members (excludes halogenated alkanes) is 3. The van der Waals surface area contributed by atoms with Gasteiger partial charge in [-0.1, -0.05) is 33.1 Å². The number of aromatic nitrogens is 2. The van der Waals surface area contributed by atoms with Crippen molar-refractivity contribution in [3.05, 3.63) is 18.2 Å². The van der Waals surface area contributed by atoms with E-state index in [1.807, 2.05) is 28.6 Å². The highest BCUT2D eigenvalue weighted by atomic mass is 16.3. The summed E-state index contributed by atoms with van der Waals surface area (Å²) in [6, 6.07) is 0. The fourth-order valence-corrected chi connectivity index (χ4v) is 1.92. The molecule has 0 fully saturated rings. The average molecular weight is 251 g/mol. The van der Waals surface area contributed by atoms with E-state index in [2.05, 4.69) is 18.8 Å². The van der Waals surface area contributed by atoms with Gasteiger partial charge >= 0.3 is 0 Å². The highest BCUT2D eigenvalue weighted by molar-refractivity contribution is 5.85. The van der Waals surface area contributed by atoms with Gasteiger partial charge < -0.3 is 5.11 Å². The van der Waals surface area contributed by atoms with Crippen molar-refractivity contribution < 1.29 is 9.67 Å². The lowest BCUT2D eigenvalue weighted by Gasteiger charge is -2.09. The number of hydrogen-bond donors (Lipinski definition) is 0. The molecule has 0 saturated heterocycles. The van der Waals surface area contributed by atoms with E-state index >= 15 is 0 Å². The molecule has 0 aliphatic rings. The summed E-state index contributed by atoms with van der Waals surface area (Å²) in [5.74, 6) is 0.606. The first-order chi connectivity index (χ1) is 8.70. The highest BCUT2D eigenvalue weighted by Gasteiger charge is 2.13. The summed E-state index contributed by atoms with van der Waals surface area (Å²) >= 11 is 0. The Morgan fingerprint density at radius 1 is 1.28 bits per heavy atom. The van der Waals surface area contributed by atoms with Crippen molar-refractivity contribution in [2.75, 3.05) is 6.54 Å². The Kier molecular flexibility index (Phi) is 6.47. The Morgan fingerprint density at radius 3 is 2.67 bits per heavy atom. The Hall–Kier alpha value is -1.32. The summed E-state index contributed by atoms with van der Waals surface area (Å²) in [6.07, 6.45) is 9.40. The van der Waals surface area contributed by atoms with E-state index in [0.29, 0.717) is 12.4 Å². The third-order valence-electron chi connectivity index (χ3n) is 3.04. The number of aliphatic imine (C=N–C) groups is 1. The first-order valence-electron chi connectivity index (χ1n) is 6.97. The van der Waals surface area contributed by atoms with Gasteiger partial charge in [0.1, 0.15) is 12.4 Å². The van der Waals surface area contributed by atoms with Crippen molar-refractivity contribution in [3.8, 4) is 0 Å². The van der Waals surface area contributed by atoms with E-state index in [1.165, 1.54) is 0 Å². The molecule has 4 heteroatoms. The predicted octanol–water partition coefficient (Wildman–Crippen LogP) is 1.41. The molecule has 1 heterocycles. The molecule has 0 spiro atoms. The van der Waals surface area contributed by atoms with Crippen LogP contribution in [0.5, 0.6) is 0 Å². The van der Waals surface area contributed by atoms with Crippen LogP contribution in [0.1, 0.15) is 51.8 Å². The molecular weight excluding hydrogens is 226 g/mol. The molecule has 0 N–H and O–H groups in total. The maximum Gasteiger partial charge on any atom is 0.291 e. The Balaban J connectivity index is 2.70. The maximum absolute atomic E-state index is 12.1. The summed E-state index contributed by atoms with van der Waals surface area (Å²) in [5.41, 5.74) is 0. The van der Waals surface area contributed by atoms with E-state index in [4.69, 9.17) is 0 Å². The second-order valence-corrected chi connectivity index (χ2v) is 4.67. The fourth-order valence-electron chi connectivity index (χ4n) is 1.92. The lowest BCUT2D eigenvalue weighted by Crippen LogP contribution is -2.40. The van der Waals surface area contributed by atoms with Gasteiger partial charge in [0.05, 0.1) is 19.5 Å². The second-order valence-electron chi connectivity index (χ2n) is 4.67. The first-order valence-corrected chi connectivity index (χ1v) is 6.97. The summed E-state index contributed by atoms with van der Waals surface area (Å²) in [6.45, 7) is 5.84. The van der Waals surface area contributed by atoms with Gasteiger partial charge in [0.15, 0.2) is 0 Å². The van der Waals surface area contributed by atoms with E-state index < -0.39 is 0 Å². The zero-order valence-corrected chi connectivity index (χ0v) is 11.9. The van der Waals surface area contributed by atoms with Gasteiger partial charge in [-0.2, -0.15) is 0 Å². The molecule has 1 aromatic heterocycles. The number of nitrogens with zero attached hydrogens (tertiary/aromatic N) is 3. The van der Waals surface area contributed by atoms with Crippen LogP contribution < -0.4 is 9.67 Å². The van der Waals surface area contributed by atoms with Gasteiger partial charge in [0.2, 0.25) is 0 Å². The van der Waals surface area contributed by atoms with Gasteiger partial charge in [-0.05, 0) is 12.8 Å². The van der Waals surface area contributed by atoms with Crippen LogP contribution in [0.4, 0.5) is 0 Å². The lowest BCUT2D eigenvalue weighted by atomic mass is 10.2. The van der Waals surface area contributed by atoms with Crippen LogP contribution in [0.2, 0.25) is 0 Å². The van der Waals surface area contributed by atoms with Crippen LogP contribution in [-0.4, -0.2) is 17.0 Å². The van der Waals surface area contributed by atoms with E-state index in [-0.39, 0.29) is 5.90 Å². The smallest absolute Gasteiger partial charge is 0.291 e. The van der Waals surface area contributed by atoms with Crippen molar-refractivity contribution in [2.45, 2.75) is 52.5 Å². The standard InChI is InChI=1S/C14H25N3O/c1-4-6-8-9-15-13(18)14-16(3)11-12-17(14)10-7-5-2/h11-12H,4-10H2,1-3H3. The predicted molar refractivity (Wildman–Crippen MR) is 71.4 cm³/mol. The van der Waals surface area contributed by atoms with Crippen molar-refractivity contribution in [3.63, 3.8) is 0 Å². The van der Waals surface area contributed by atoms with Gasteiger partial charge in [0, 0.05) is 6.54 Å². The van der Waals surface area contributed by atoms with Crippen LogP contribution in [0.3, 0.4) is 0 Å². The molecule has 0 aromatic carbocycles. The normalized spacial score (nSPS) is 12.1. The molecule has 102 valence electrons. The van der Waals surface area contributed by atoms with Crippen LogP contribution in [0, 0.1) is 0 Å². The molecular formula is C14H25N3O. The molecule has 1 aromatic rings. The lowest BCUT2D eigenvalue weighted by molar-refractivity contribution is -0.674. The molecule has 0 aliphatic heterocycles. The zero-order chi connectivity index (χ0) is 13.4. The molecule has 1 rings (SSSR count). The third-order valence-corrected chi connectivity index (χ3v) is 3.04. The van der Waals surface area contributed by atoms with E-state index in [1.54, 1.807) is 0 Å². The Bertz CT molecular complexity index is 382. The van der Waals surface area contributed by atoms with E-state index in [0.717, 1.165) is 38.6 Å². The minimum absolute atomic E-state index is 0.0882. The van der Waals surface area contributed by atoms with Crippen LogP contribution in [0.15, 0.2) is 17.4 Å². The quantitative estimate of drug-likeness (QED) is 0.298. The molecule has 0 atom stereocenters. The molecule has 4 nitrogen and oxygen atoms in total. The van der Waals surface area contributed by atoms with Gasteiger partial charge in [-0.25, -0.2) is 9.13 Å². The summed E-state index contributed by atoms with van der Waals surface area (Å²) in [7, 11) is 1.90. The minimum Gasteiger partial charge on any atom is -0.853 e. The average Bonchev–Trinajstić information content (AvgIpc) is 2.73. The van der Waals surface area contributed by atoms with Crippen LogP contribution in [0.25, 0.3) is 0 Å². The largest absolute Gasteiger partial charge is 0.853 e. The zero-order valence-electron chi connectivity index (χ0n) is 11.9. The second kappa shape index (κ2) is 7.90. The highest BCUT2D eigenvalue weighted by Crippen LogP contribution is 2.00. The molecule has 0 amide bonds. The molecule has 0 bridgehead atoms. The van der Waals surface area contributed by atoms with Crippen LogP contribution in [-0.2, 0) is 13.6 Å². The van der Waals surface area contributed by atoms with Crippen LogP contribution >= 0.6 is 0 Å². The SMILES string of the molecule is CCCCCN=C([O-])c1n(CCCC)cc[n+]1C. The van der Waals surface area contributed by atoms with Crippen molar-refractivity contribution >= 4 is 5.90 Å². The van der Waals surface area contributed by atoms with Crippen molar-refractivity contribution in [1.29, 1.82) is 0 Å². The summed E-state index contributed by atoms with van der Waals surface area (Å²) < 4.78 is 3.87. The first kappa shape index (κ1) is 14.7. The topological polar surface area (TPSA) is 44.2 Å². The Morgan fingerprint density at radius 2 is 2.00 bits per heavy atom. The molecule has 0 saturated carbocycles. The number of rotatable bonds is 8. The van der Waals surface area contributed by atoms with Crippen molar-refractivity contribution in [2.24, 2.45) is 12.0 Å². The monoisotopic (exact) mass is 251 g/mol. The molecule has 0 unspecified atom stereocenters. The van der Waals surface area contributed by atoms with E-state index in [9.17, 15) is 5.11 Å². The molecule has 0 radical (unpaired) electrons. The summed E-state index contributed by atoms with van der Waals surface area (Å²) in [4.78, 5) is 4.15. The molecule has 18 heavy (non-hydrogen) atoms. The maximum atomic E-state index is 12.1. The van der Waals surface area contributed by atoms with Crippen molar-refractivity contribution in [1.82, 2.24) is 4.57 Å². The van der Waals surface area contributed by atoms with Gasteiger partial charge in [-0.3, -0.25) is 4.99 Å². The minimum atomic E-state index is -0.0882. The Labute approximate surface area is 110 Å². The molecule has 0 aliphatic carbocycles. The van der Waals surface area contributed by atoms with Gasteiger partial charge in [0.25, 0.3) is 5.82 Å². The third kappa shape index (κ3) is 4.17. The number of hydrogen-bond acceptors (Lipinski definition) is 2. The number of aryl methyl sites for hydroxylation is 2. The fraction of sp³-hybridized carbons (Fsp3) is 0.714. The summed E-state index contributed by atoms with van der Waals surface area (Å²) in [5, 5.41) is 12.1. The van der Waals surface area contributed by atoms with Gasteiger partial charge in [-0.15, -0.1) is 0 Å².